The summed E-state index contributed by atoms with van der Waals surface area (Å²) in [5, 5.41) is 9.65. The standard InChI is InChI=1S/C14H14ClNO2/c1-10(17)12-7-8-13(14(15)16-12)18-9-11-5-3-2-4-6-11/h2-8,10,17H,9H2,1H3. The molecule has 1 aromatic heterocycles. The summed E-state index contributed by atoms with van der Waals surface area (Å²) in [4.78, 5) is 4.08. The molecule has 4 heteroatoms. The molecule has 3 nitrogen and oxygen atoms in total. The Kier molecular flexibility index (Phi) is 4.18. The molecule has 1 N–H and O–H groups in total. The Balaban J connectivity index is 2.06. The van der Waals surface area contributed by atoms with Crippen molar-refractivity contribution in [2.45, 2.75) is 19.6 Å². The Morgan fingerprint density at radius 2 is 1.94 bits per heavy atom. The fourth-order valence-electron chi connectivity index (χ4n) is 1.51. The summed E-state index contributed by atoms with van der Waals surface area (Å²) in [6.07, 6.45) is -0.634. The third-order valence-corrected chi connectivity index (χ3v) is 2.77. The third kappa shape index (κ3) is 3.22. The molecule has 0 spiro atoms. The van der Waals surface area contributed by atoms with E-state index in [0.717, 1.165) is 5.56 Å². The maximum atomic E-state index is 9.38. The summed E-state index contributed by atoms with van der Waals surface area (Å²) in [6, 6.07) is 13.2. The summed E-state index contributed by atoms with van der Waals surface area (Å²) in [6.45, 7) is 2.08. The lowest BCUT2D eigenvalue weighted by Crippen LogP contribution is -2.00. The molecule has 18 heavy (non-hydrogen) atoms. The normalized spacial score (nSPS) is 12.2. The molecule has 2 rings (SSSR count). The van der Waals surface area contributed by atoms with Gasteiger partial charge in [-0.05, 0) is 24.6 Å². The van der Waals surface area contributed by atoms with Crippen LogP contribution in [0.5, 0.6) is 5.75 Å². The van der Waals surface area contributed by atoms with Crippen molar-refractivity contribution in [3.05, 3.63) is 58.9 Å². The zero-order chi connectivity index (χ0) is 13.0. The maximum Gasteiger partial charge on any atom is 0.171 e. The molecule has 1 aromatic carbocycles. The largest absolute Gasteiger partial charge is 0.486 e. The van der Waals surface area contributed by atoms with Gasteiger partial charge in [0.15, 0.2) is 10.9 Å². The smallest absolute Gasteiger partial charge is 0.171 e. The maximum absolute atomic E-state index is 9.38. The van der Waals surface area contributed by atoms with Gasteiger partial charge >= 0.3 is 0 Å². The summed E-state index contributed by atoms with van der Waals surface area (Å²) in [5.41, 5.74) is 1.60. The van der Waals surface area contributed by atoms with Crippen LogP contribution in [0.25, 0.3) is 0 Å². The molecule has 1 heterocycles. The Morgan fingerprint density at radius 1 is 1.22 bits per heavy atom. The highest BCUT2D eigenvalue weighted by Gasteiger charge is 2.08. The zero-order valence-electron chi connectivity index (χ0n) is 10.0. The number of hydrogen-bond acceptors (Lipinski definition) is 3. The van der Waals surface area contributed by atoms with E-state index in [4.69, 9.17) is 16.3 Å². The molecular formula is C14H14ClNO2. The molecule has 0 radical (unpaired) electrons. The van der Waals surface area contributed by atoms with Gasteiger partial charge in [-0.15, -0.1) is 0 Å². The molecule has 0 amide bonds. The topological polar surface area (TPSA) is 42.4 Å². The van der Waals surface area contributed by atoms with Gasteiger partial charge in [0, 0.05) is 0 Å². The van der Waals surface area contributed by atoms with Gasteiger partial charge in [0.1, 0.15) is 6.61 Å². The number of rotatable bonds is 4. The van der Waals surface area contributed by atoms with Crippen molar-refractivity contribution in [3.8, 4) is 5.75 Å². The first kappa shape index (κ1) is 12.9. The number of aromatic nitrogens is 1. The van der Waals surface area contributed by atoms with E-state index in [1.807, 2.05) is 30.3 Å². The first-order chi connectivity index (χ1) is 8.66. The Hall–Kier alpha value is -1.58. The first-order valence-electron chi connectivity index (χ1n) is 5.68. The quantitative estimate of drug-likeness (QED) is 0.860. The molecule has 0 fully saturated rings. The number of halogens is 1. The lowest BCUT2D eigenvalue weighted by molar-refractivity contribution is 0.194. The number of aliphatic hydroxyl groups is 1. The van der Waals surface area contributed by atoms with Crippen LogP contribution in [0.4, 0.5) is 0 Å². The monoisotopic (exact) mass is 263 g/mol. The van der Waals surface area contributed by atoms with Gasteiger partial charge in [0.2, 0.25) is 0 Å². The Morgan fingerprint density at radius 3 is 2.56 bits per heavy atom. The highest BCUT2D eigenvalue weighted by atomic mass is 35.5. The molecule has 1 unspecified atom stereocenters. The van der Waals surface area contributed by atoms with Crippen molar-refractivity contribution >= 4 is 11.6 Å². The lowest BCUT2D eigenvalue weighted by Gasteiger charge is -2.10. The molecular weight excluding hydrogens is 250 g/mol. The minimum absolute atomic E-state index is 0.268. The van der Waals surface area contributed by atoms with Gasteiger partial charge in [-0.2, -0.15) is 0 Å². The fraction of sp³-hybridized carbons (Fsp3) is 0.214. The number of nitrogens with zero attached hydrogens (tertiary/aromatic N) is 1. The molecule has 94 valence electrons. The average Bonchev–Trinajstić information content (AvgIpc) is 2.38. The van der Waals surface area contributed by atoms with Crippen LogP contribution in [0, 0.1) is 0 Å². The fourth-order valence-corrected chi connectivity index (χ4v) is 1.73. The first-order valence-corrected chi connectivity index (χ1v) is 6.06. The van der Waals surface area contributed by atoms with Crippen molar-refractivity contribution < 1.29 is 9.84 Å². The van der Waals surface area contributed by atoms with Crippen LogP contribution in [0.1, 0.15) is 24.3 Å². The van der Waals surface area contributed by atoms with E-state index in [-0.39, 0.29) is 5.15 Å². The second-order valence-corrected chi connectivity index (χ2v) is 4.33. The van der Waals surface area contributed by atoms with E-state index >= 15 is 0 Å². The van der Waals surface area contributed by atoms with Gasteiger partial charge in [-0.3, -0.25) is 0 Å². The van der Waals surface area contributed by atoms with Crippen molar-refractivity contribution in [3.63, 3.8) is 0 Å². The summed E-state index contributed by atoms with van der Waals surface area (Å²) >= 11 is 5.99. The van der Waals surface area contributed by atoms with Crippen molar-refractivity contribution in [1.29, 1.82) is 0 Å². The average molecular weight is 264 g/mol. The molecule has 0 aliphatic carbocycles. The second kappa shape index (κ2) is 5.85. The van der Waals surface area contributed by atoms with Crippen molar-refractivity contribution in [2.24, 2.45) is 0 Å². The number of aliphatic hydroxyl groups excluding tert-OH is 1. The second-order valence-electron chi connectivity index (χ2n) is 3.98. The number of ether oxygens (including phenoxy) is 1. The molecule has 0 bridgehead atoms. The van der Waals surface area contributed by atoms with Crippen LogP contribution in [-0.4, -0.2) is 10.1 Å². The molecule has 0 aliphatic heterocycles. The van der Waals surface area contributed by atoms with E-state index in [2.05, 4.69) is 4.98 Å². The minimum atomic E-state index is -0.634. The third-order valence-electron chi connectivity index (χ3n) is 2.50. The molecule has 0 saturated heterocycles. The summed E-state index contributed by atoms with van der Waals surface area (Å²) in [7, 11) is 0. The lowest BCUT2D eigenvalue weighted by atomic mass is 10.2. The predicted molar refractivity (Wildman–Crippen MR) is 70.7 cm³/mol. The van der Waals surface area contributed by atoms with Gasteiger partial charge in [-0.25, -0.2) is 4.98 Å². The van der Waals surface area contributed by atoms with E-state index in [1.165, 1.54) is 0 Å². The van der Waals surface area contributed by atoms with Gasteiger partial charge in [0.25, 0.3) is 0 Å². The van der Waals surface area contributed by atoms with E-state index in [9.17, 15) is 5.11 Å². The summed E-state index contributed by atoms with van der Waals surface area (Å²) < 4.78 is 5.58. The van der Waals surface area contributed by atoms with E-state index in [0.29, 0.717) is 18.1 Å². The number of pyridine rings is 1. The Bertz CT molecular complexity index is 514. The highest BCUT2D eigenvalue weighted by Crippen LogP contribution is 2.25. The minimum Gasteiger partial charge on any atom is -0.486 e. The van der Waals surface area contributed by atoms with Crippen molar-refractivity contribution in [1.82, 2.24) is 4.98 Å². The number of hydrogen-bond donors (Lipinski definition) is 1. The van der Waals surface area contributed by atoms with Gasteiger partial charge in [0.05, 0.1) is 11.8 Å². The predicted octanol–water partition coefficient (Wildman–Crippen LogP) is 3.37. The molecule has 0 aliphatic rings. The van der Waals surface area contributed by atoms with Crippen LogP contribution in [0.3, 0.4) is 0 Å². The van der Waals surface area contributed by atoms with Crippen LogP contribution in [-0.2, 0) is 6.61 Å². The zero-order valence-corrected chi connectivity index (χ0v) is 10.8. The van der Waals surface area contributed by atoms with Gasteiger partial charge < -0.3 is 9.84 Å². The van der Waals surface area contributed by atoms with Crippen LogP contribution >= 0.6 is 11.6 Å². The molecule has 1 atom stereocenters. The molecule has 2 aromatic rings. The summed E-state index contributed by atoms with van der Waals surface area (Å²) in [5.74, 6) is 0.518. The van der Waals surface area contributed by atoms with Gasteiger partial charge in [-0.1, -0.05) is 41.9 Å². The van der Waals surface area contributed by atoms with Crippen LogP contribution < -0.4 is 4.74 Å². The Labute approximate surface area is 111 Å². The SMILES string of the molecule is CC(O)c1ccc(OCc2ccccc2)c(Cl)n1. The highest BCUT2D eigenvalue weighted by molar-refractivity contribution is 6.30. The number of benzene rings is 1. The van der Waals surface area contributed by atoms with E-state index < -0.39 is 6.10 Å². The molecule has 0 saturated carbocycles. The van der Waals surface area contributed by atoms with Crippen LogP contribution in [0.15, 0.2) is 42.5 Å². The van der Waals surface area contributed by atoms with E-state index in [1.54, 1.807) is 19.1 Å². The van der Waals surface area contributed by atoms with Crippen LogP contribution in [0.2, 0.25) is 5.15 Å². The van der Waals surface area contributed by atoms with Crippen molar-refractivity contribution in [2.75, 3.05) is 0 Å².